The van der Waals surface area contributed by atoms with Crippen LogP contribution in [0.1, 0.15) is 11.1 Å². The molecule has 0 aliphatic heterocycles. The average Bonchev–Trinajstić information content (AvgIpc) is 2.30. The van der Waals surface area contributed by atoms with Crippen LogP contribution in [0.25, 0.3) is 0 Å². The zero-order chi connectivity index (χ0) is 12.4. The van der Waals surface area contributed by atoms with Crippen LogP contribution in [-0.4, -0.2) is 9.97 Å². The number of hydrogen-bond acceptors (Lipinski definition) is 4. The van der Waals surface area contributed by atoms with Gasteiger partial charge in [0.1, 0.15) is 18.0 Å². The minimum Gasteiger partial charge on any atom is -0.383 e. The SMILES string of the molecule is Cc1ccc(Cl)c(Nc2ncnc(N)c2C)c1. The molecule has 0 unspecified atom stereocenters. The molecule has 0 aliphatic rings. The third-order valence-electron chi connectivity index (χ3n) is 2.50. The molecule has 0 amide bonds. The van der Waals surface area contributed by atoms with E-state index >= 15 is 0 Å². The van der Waals surface area contributed by atoms with Gasteiger partial charge in [0.25, 0.3) is 0 Å². The van der Waals surface area contributed by atoms with Crippen molar-refractivity contribution in [3.63, 3.8) is 0 Å². The molecule has 0 fully saturated rings. The van der Waals surface area contributed by atoms with Gasteiger partial charge in [-0.3, -0.25) is 0 Å². The van der Waals surface area contributed by atoms with Crippen molar-refractivity contribution in [2.24, 2.45) is 0 Å². The summed E-state index contributed by atoms with van der Waals surface area (Å²) in [6, 6.07) is 5.76. The summed E-state index contributed by atoms with van der Waals surface area (Å²) in [4.78, 5) is 8.06. The van der Waals surface area contributed by atoms with Gasteiger partial charge in [-0.05, 0) is 31.5 Å². The maximum Gasteiger partial charge on any atom is 0.138 e. The van der Waals surface area contributed by atoms with Crippen molar-refractivity contribution in [2.75, 3.05) is 11.1 Å². The van der Waals surface area contributed by atoms with E-state index in [0.29, 0.717) is 16.7 Å². The van der Waals surface area contributed by atoms with E-state index in [1.807, 2.05) is 32.0 Å². The first-order valence-corrected chi connectivity index (χ1v) is 5.56. The number of benzene rings is 1. The summed E-state index contributed by atoms with van der Waals surface area (Å²) in [6.07, 6.45) is 1.42. The second-order valence-electron chi connectivity index (χ2n) is 3.84. The molecule has 88 valence electrons. The highest BCUT2D eigenvalue weighted by Crippen LogP contribution is 2.27. The maximum absolute atomic E-state index is 6.10. The Bertz CT molecular complexity index is 554. The van der Waals surface area contributed by atoms with Gasteiger partial charge in [0.15, 0.2) is 0 Å². The monoisotopic (exact) mass is 248 g/mol. The molecule has 2 rings (SSSR count). The van der Waals surface area contributed by atoms with Gasteiger partial charge >= 0.3 is 0 Å². The molecule has 1 aromatic carbocycles. The number of halogens is 1. The molecular weight excluding hydrogens is 236 g/mol. The summed E-state index contributed by atoms with van der Waals surface area (Å²) in [5.74, 6) is 1.14. The maximum atomic E-state index is 6.10. The Labute approximate surface area is 105 Å². The largest absolute Gasteiger partial charge is 0.383 e. The first kappa shape index (κ1) is 11.7. The number of aromatic nitrogens is 2. The molecule has 0 spiro atoms. The molecule has 5 heteroatoms. The Hall–Kier alpha value is -1.81. The van der Waals surface area contributed by atoms with E-state index in [0.717, 1.165) is 16.8 Å². The zero-order valence-electron chi connectivity index (χ0n) is 9.66. The summed E-state index contributed by atoms with van der Waals surface area (Å²) in [5.41, 5.74) is 8.46. The standard InChI is InChI=1S/C12H13ClN4/c1-7-3-4-9(13)10(5-7)17-12-8(2)11(14)15-6-16-12/h3-6H,1-2H3,(H3,14,15,16,17). The van der Waals surface area contributed by atoms with Crippen molar-refractivity contribution in [1.82, 2.24) is 9.97 Å². The number of nitrogens with zero attached hydrogens (tertiary/aromatic N) is 2. The number of nitrogen functional groups attached to an aromatic ring is 1. The quantitative estimate of drug-likeness (QED) is 0.857. The van der Waals surface area contributed by atoms with Gasteiger partial charge in [0.2, 0.25) is 0 Å². The Morgan fingerprint density at radius 3 is 2.76 bits per heavy atom. The van der Waals surface area contributed by atoms with Crippen LogP contribution in [0.2, 0.25) is 5.02 Å². The van der Waals surface area contributed by atoms with Crippen molar-refractivity contribution in [3.8, 4) is 0 Å². The summed E-state index contributed by atoms with van der Waals surface area (Å²) in [6.45, 7) is 3.87. The molecule has 0 saturated carbocycles. The van der Waals surface area contributed by atoms with Crippen LogP contribution in [0.3, 0.4) is 0 Å². The number of nitrogens with two attached hydrogens (primary N) is 1. The molecule has 3 N–H and O–H groups in total. The van der Waals surface area contributed by atoms with Crippen LogP contribution in [-0.2, 0) is 0 Å². The molecular formula is C12H13ClN4. The minimum absolute atomic E-state index is 0.464. The number of aryl methyl sites for hydroxylation is 1. The number of anilines is 3. The van der Waals surface area contributed by atoms with E-state index in [9.17, 15) is 0 Å². The molecule has 0 saturated heterocycles. The van der Waals surface area contributed by atoms with Crippen LogP contribution < -0.4 is 11.1 Å². The van der Waals surface area contributed by atoms with Gasteiger partial charge in [0, 0.05) is 5.56 Å². The first-order valence-electron chi connectivity index (χ1n) is 5.18. The molecule has 0 bridgehead atoms. The molecule has 1 aromatic heterocycles. The number of rotatable bonds is 2. The van der Waals surface area contributed by atoms with Gasteiger partial charge < -0.3 is 11.1 Å². The van der Waals surface area contributed by atoms with E-state index in [1.165, 1.54) is 6.33 Å². The summed E-state index contributed by atoms with van der Waals surface area (Å²) >= 11 is 6.10. The van der Waals surface area contributed by atoms with Crippen molar-refractivity contribution < 1.29 is 0 Å². The average molecular weight is 249 g/mol. The van der Waals surface area contributed by atoms with Gasteiger partial charge in [0.05, 0.1) is 10.7 Å². The van der Waals surface area contributed by atoms with Crippen LogP contribution in [0, 0.1) is 13.8 Å². The highest BCUT2D eigenvalue weighted by Gasteiger charge is 2.06. The third-order valence-corrected chi connectivity index (χ3v) is 2.83. The minimum atomic E-state index is 0.464. The smallest absolute Gasteiger partial charge is 0.138 e. The van der Waals surface area contributed by atoms with Gasteiger partial charge in [-0.15, -0.1) is 0 Å². The van der Waals surface area contributed by atoms with Crippen molar-refractivity contribution in [2.45, 2.75) is 13.8 Å². The fourth-order valence-electron chi connectivity index (χ4n) is 1.45. The van der Waals surface area contributed by atoms with Crippen molar-refractivity contribution in [3.05, 3.63) is 40.7 Å². The Balaban J connectivity index is 2.38. The summed E-state index contributed by atoms with van der Waals surface area (Å²) < 4.78 is 0. The van der Waals surface area contributed by atoms with E-state index in [-0.39, 0.29) is 0 Å². The lowest BCUT2D eigenvalue weighted by atomic mass is 10.2. The first-order chi connectivity index (χ1) is 8.08. The fourth-order valence-corrected chi connectivity index (χ4v) is 1.62. The van der Waals surface area contributed by atoms with Gasteiger partial charge in [-0.25, -0.2) is 9.97 Å². The lowest BCUT2D eigenvalue weighted by molar-refractivity contribution is 1.14. The van der Waals surface area contributed by atoms with Crippen LogP contribution in [0.4, 0.5) is 17.3 Å². The Kier molecular flexibility index (Phi) is 3.15. The Morgan fingerprint density at radius 2 is 2.00 bits per heavy atom. The Morgan fingerprint density at radius 1 is 1.24 bits per heavy atom. The van der Waals surface area contributed by atoms with Crippen molar-refractivity contribution >= 4 is 28.9 Å². The topological polar surface area (TPSA) is 63.8 Å². The predicted molar refractivity (Wildman–Crippen MR) is 70.7 cm³/mol. The lowest BCUT2D eigenvalue weighted by Gasteiger charge is -2.11. The summed E-state index contributed by atoms with van der Waals surface area (Å²) in [7, 11) is 0. The molecule has 17 heavy (non-hydrogen) atoms. The molecule has 2 aromatic rings. The number of hydrogen-bond donors (Lipinski definition) is 2. The van der Waals surface area contributed by atoms with E-state index in [1.54, 1.807) is 0 Å². The van der Waals surface area contributed by atoms with E-state index < -0.39 is 0 Å². The van der Waals surface area contributed by atoms with E-state index in [4.69, 9.17) is 17.3 Å². The zero-order valence-corrected chi connectivity index (χ0v) is 10.4. The number of nitrogens with one attached hydrogen (secondary N) is 1. The molecule has 0 aliphatic carbocycles. The molecule has 0 radical (unpaired) electrons. The highest BCUT2D eigenvalue weighted by molar-refractivity contribution is 6.33. The second-order valence-corrected chi connectivity index (χ2v) is 4.25. The molecule has 1 heterocycles. The second kappa shape index (κ2) is 4.59. The van der Waals surface area contributed by atoms with Crippen LogP contribution in [0.15, 0.2) is 24.5 Å². The van der Waals surface area contributed by atoms with Crippen LogP contribution >= 0.6 is 11.6 Å². The van der Waals surface area contributed by atoms with E-state index in [2.05, 4.69) is 15.3 Å². The lowest BCUT2D eigenvalue weighted by Crippen LogP contribution is -2.02. The summed E-state index contributed by atoms with van der Waals surface area (Å²) in [5, 5.41) is 3.80. The molecule has 4 nitrogen and oxygen atoms in total. The fraction of sp³-hybridized carbons (Fsp3) is 0.167. The van der Waals surface area contributed by atoms with Gasteiger partial charge in [-0.1, -0.05) is 17.7 Å². The van der Waals surface area contributed by atoms with Gasteiger partial charge in [-0.2, -0.15) is 0 Å². The van der Waals surface area contributed by atoms with Crippen molar-refractivity contribution in [1.29, 1.82) is 0 Å². The normalized spacial score (nSPS) is 10.3. The molecule has 0 atom stereocenters. The highest BCUT2D eigenvalue weighted by atomic mass is 35.5. The third kappa shape index (κ3) is 2.47. The van der Waals surface area contributed by atoms with Crippen LogP contribution in [0.5, 0.6) is 0 Å². The predicted octanol–water partition coefficient (Wildman–Crippen LogP) is 3.07.